The molecule has 3 rings (SSSR count). The molecule has 24 heavy (non-hydrogen) atoms. The molecule has 0 aliphatic heterocycles. The summed E-state index contributed by atoms with van der Waals surface area (Å²) in [6.45, 7) is -0.271. The maximum atomic E-state index is 13.3. The summed E-state index contributed by atoms with van der Waals surface area (Å²) in [5.41, 5.74) is -1.23. The molecule has 0 aliphatic rings. The third-order valence-corrected chi connectivity index (χ3v) is 3.94. The lowest BCUT2D eigenvalue weighted by Gasteiger charge is -2.10. The highest BCUT2D eigenvalue weighted by molar-refractivity contribution is 7.13. The molecule has 0 aromatic carbocycles. The first-order valence-electron chi connectivity index (χ1n) is 6.57. The fourth-order valence-corrected chi connectivity index (χ4v) is 2.73. The first-order valence-corrected chi connectivity index (χ1v) is 7.45. The van der Waals surface area contributed by atoms with Crippen molar-refractivity contribution in [2.45, 2.75) is 6.18 Å². The molecule has 0 saturated carbocycles. The van der Waals surface area contributed by atoms with E-state index in [1.54, 1.807) is 23.6 Å². The lowest BCUT2D eigenvalue weighted by atomic mass is 10.2. The van der Waals surface area contributed by atoms with Crippen molar-refractivity contribution in [3.63, 3.8) is 0 Å². The molecule has 3 heterocycles. The molecular weight excluding hydrogens is 343 g/mol. The van der Waals surface area contributed by atoms with Crippen LogP contribution >= 0.6 is 11.3 Å². The fraction of sp³-hybridized carbons (Fsp3) is 0.143. The number of hydrogen-bond donors (Lipinski definition) is 1. The monoisotopic (exact) mass is 351 g/mol. The van der Waals surface area contributed by atoms with Crippen molar-refractivity contribution in [3.05, 3.63) is 41.0 Å². The molecule has 0 aliphatic carbocycles. The number of alkyl halides is 3. The topological polar surface area (TPSA) is 83.1 Å². The second-order valence-electron chi connectivity index (χ2n) is 4.64. The van der Waals surface area contributed by atoms with Crippen LogP contribution in [-0.2, 0) is 6.18 Å². The molecule has 6 nitrogen and oxygen atoms in total. The molecular formula is C14H8F3N5OS. The minimum atomic E-state index is -4.67. The van der Waals surface area contributed by atoms with Crippen LogP contribution in [0, 0.1) is 11.3 Å². The van der Waals surface area contributed by atoms with Gasteiger partial charge in [0.15, 0.2) is 17.0 Å². The molecule has 0 atom stereocenters. The van der Waals surface area contributed by atoms with E-state index in [0.717, 1.165) is 12.1 Å². The van der Waals surface area contributed by atoms with Gasteiger partial charge in [-0.1, -0.05) is 6.07 Å². The molecule has 0 fully saturated rings. The zero-order valence-electron chi connectivity index (χ0n) is 11.8. The predicted molar refractivity (Wildman–Crippen MR) is 79.2 cm³/mol. The van der Waals surface area contributed by atoms with Crippen molar-refractivity contribution in [1.29, 1.82) is 5.26 Å². The van der Waals surface area contributed by atoms with Gasteiger partial charge in [0.1, 0.15) is 6.54 Å². The van der Waals surface area contributed by atoms with Crippen LogP contribution < -0.4 is 5.32 Å². The van der Waals surface area contributed by atoms with Crippen LogP contribution in [0.1, 0.15) is 16.2 Å². The standard InChI is InChI=1S/C14H8F3N5OS/c15-14(16,17)11-6-8(10-2-1-5-24-10)20-12-7-9(21-22(11)12)13(23)19-4-3-18/h1-2,5-7H,4H2,(H,19,23). The molecule has 3 aromatic rings. The Bertz CT molecular complexity index is 940. The van der Waals surface area contributed by atoms with Gasteiger partial charge in [0.05, 0.1) is 16.6 Å². The number of nitrogens with zero attached hydrogens (tertiary/aromatic N) is 4. The molecule has 10 heteroatoms. The second kappa shape index (κ2) is 5.93. The third-order valence-electron chi connectivity index (χ3n) is 3.05. The number of nitrogens with one attached hydrogen (secondary N) is 1. The SMILES string of the molecule is N#CCNC(=O)c1cc2nc(-c3cccs3)cc(C(F)(F)F)n2n1. The first kappa shape index (κ1) is 15.9. The first-order chi connectivity index (χ1) is 11.4. The van der Waals surface area contributed by atoms with Crippen LogP contribution in [0.2, 0.25) is 0 Å². The van der Waals surface area contributed by atoms with E-state index in [2.05, 4.69) is 15.4 Å². The van der Waals surface area contributed by atoms with E-state index in [-0.39, 0.29) is 23.6 Å². The zero-order valence-corrected chi connectivity index (χ0v) is 12.6. The van der Waals surface area contributed by atoms with Crippen LogP contribution in [0.4, 0.5) is 13.2 Å². The summed E-state index contributed by atoms with van der Waals surface area (Å²) < 4.78 is 40.6. The number of carbonyl (C=O) groups is 1. The molecule has 0 spiro atoms. The molecule has 0 saturated heterocycles. The van der Waals surface area contributed by atoms with Gasteiger partial charge in [0.25, 0.3) is 5.91 Å². The highest BCUT2D eigenvalue weighted by Gasteiger charge is 2.35. The van der Waals surface area contributed by atoms with Crippen molar-refractivity contribution >= 4 is 22.9 Å². The van der Waals surface area contributed by atoms with Crippen molar-refractivity contribution < 1.29 is 18.0 Å². The predicted octanol–water partition coefficient (Wildman–Crippen LogP) is 2.73. The minimum Gasteiger partial charge on any atom is -0.338 e. The summed E-state index contributed by atoms with van der Waals surface area (Å²) in [7, 11) is 0. The number of aromatic nitrogens is 3. The van der Waals surface area contributed by atoms with Crippen LogP contribution in [0.5, 0.6) is 0 Å². The zero-order chi connectivity index (χ0) is 17.3. The number of thiophene rings is 1. The van der Waals surface area contributed by atoms with Crippen molar-refractivity contribution in [2.24, 2.45) is 0 Å². The van der Waals surface area contributed by atoms with E-state index in [1.807, 2.05) is 0 Å². The Morgan fingerprint density at radius 3 is 2.83 bits per heavy atom. The Hall–Kier alpha value is -2.93. The van der Waals surface area contributed by atoms with E-state index in [4.69, 9.17) is 5.26 Å². The summed E-state index contributed by atoms with van der Waals surface area (Å²) in [5, 5.41) is 16.1. The average Bonchev–Trinajstić information content (AvgIpc) is 3.19. The summed E-state index contributed by atoms with van der Waals surface area (Å²) in [6.07, 6.45) is -4.67. The normalized spacial score (nSPS) is 11.4. The highest BCUT2D eigenvalue weighted by atomic mass is 32.1. The molecule has 0 unspecified atom stereocenters. The smallest absolute Gasteiger partial charge is 0.338 e. The van der Waals surface area contributed by atoms with Crippen LogP contribution in [0.15, 0.2) is 29.6 Å². The third kappa shape index (κ3) is 2.93. The van der Waals surface area contributed by atoms with Crippen LogP contribution in [0.3, 0.4) is 0 Å². The van der Waals surface area contributed by atoms with E-state index >= 15 is 0 Å². The number of fused-ring (bicyclic) bond motifs is 1. The van der Waals surface area contributed by atoms with Crippen molar-refractivity contribution in [1.82, 2.24) is 19.9 Å². The average molecular weight is 351 g/mol. The number of amides is 1. The highest BCUT2D eigenvalue weighted by Crippen LogP contribution is 2.33. The van der Waals surface area contributed by atoms with E-state index in [0.29, 0.717) is 9.39 Å². The summed E-state index contributed by atoms with van der Waals surface area (Å²) in [6, 6.07) is 7.11. The Morgan fingerprint density at radius 2 is 2.21 bits per heavy atom. The van der Waals surface area contributed by atoms with Gasteiger partial charge < -0.3 is 5.32 Å². The van der Waals surface area contributed by atoms with E-state index in [1.165, 1.54) is 11.3 Å². The van der Waals surface area contributed by atoms with Gasteiger partial charge in [-0.2, -0.15) is 23.5 Å². The van der Waals surface area contributed by atoms with Gasteiger partial charge in [-0.25, -0.2) is 9.50 Å². The number of halogens is 3. The number of hydrogen-bond acceptors (Lipinski definition) is 5. The van der Waals surface area contributed by atoms with E-state index in [9.17, 15) is 18.0 Å². The molecule has 0 radical (unpaired) electrons. The number of nitriles is 1. The maximum absolute atomic E-state index is 13.3. The summed E-state index contributed by atoms with van der Waals surface area (Å²) >= 11 is 1.25. The number of rotatable bonds is 3. The number of carbonyl (C=O) groups excluding carboxylic acids is 1. The van der Waals surface area contributed by atoms with Gasteiger partial charge in [-0.3, -0.25) is 4.79 Å². The Morgan fingerprint density at radius 1 is 1.42 bits per heavy atom. The second-order valence-corrected chi connectivity index (χ2v) is 5.59. The van der Waals surface area contributed by atoms with Gasteiger partial charge >= 0.3 is 6.18 Å². The van der Waals surface area contributed by atoms with Crippen LogP contribution in [-0.4, -0.2) is 27.0 Å². The van der Waals surface area contributed by atoms with E-state index < -0.39 is 17.8 Å². The largest absolute Gasteiger partial charge is 0.433 e. The molecule has 3 aromatic heterocycles. The van der Waals surface area contributed by atoms with Crippen molar-refractivity contribution in [2.75, 3.05) is 6.54 Å². The molecule has 1 N–H and O–H groups in total. The van der Waals surface area contributed by atoms with Gasteiger partial charge in [-0.15, -0.1) is 11.3 Å². The van der Waals surface area contributed by atoms with Crippen molar-refractivity contribution in [3.8, 4) is 16.6 Å². The minimum absolute atomic E-state index is 0.102. The summed E-state index contributed by atoms with van der Waals surface area (Å²) in [4.78, 5) is 16.5. The maximum Gasteiger partial charge on any atom is 0.433 e. The van der Waals surface area contributed by atoms with Gasteiger partial charge in [0, 0.05) is 6.07 Å². The Kier molecular flexibility index (Phi) is 3.94. The van der Waals surface area contributed by atoms with Crippen LogP contribution in [0.25, 0.3) is 16.2 Å². The molecule has 0 bridgehead atoms. The molecule has 122 valence electrons. The molecule has 1 amide bonds. The van der Waals surface area contributed by atoms with Gasteiger partial charge in [-0.05, 0) is 17.5 Å². The lowest BCUT2D eigenvalue weighted by molar-refractivity contribution is -0.142. The Balaban J connectivity index is 2.16. The Labute approximate surface area is 137 Å². The van der Waals surface area contributed by atoms with Gasteiger partial charge in [0.2, 0.25) is 0 Å². The lowest BCUT2D eigenvalue weighted by Crippen LogP contribution is -2.24. The quantitative estimate of drug-likeness (QED) is 0.736. The fourth-order valence-electron chi connectivity index (χ4n) is 2.05. The summed E-state index contributed by atoms with van der Waals surface area (Å²) in [5.74, 6) is -0.743.